The van der Waals surface area contributed by atoms with Crippen LogP contribution in [0.4, 0.5) is 24.9 Å². The summed E-state index contributed by atoms with van der Waals surface area (Å²) in [6.45, 7) is 4.97. The van der Waals surface area contributed by atoms with Crippen LogP contribution in [-0.2, 0) is 6.18 Å². The predicted molar refractivity (Wildman–Crippen MR) is 121 cm³/mol. The van der Waals surface area contributed by atoms with Crippen LogP contribution in [-0.4, -0.2) is 60.8 Å². The monoisotopic (exact) mass is 476 g/mol. The van der Waals surface area contributed by atoms with Gasteiger partial charge in [-0.05, 0) is 57.2 Å². The van der Waals surface area contributed by atoms with Crippen LogP contribution >= 0.6 is 0 Å². The van der Waals surface area contributed by atoms with E-state index in [4.69, 9.17) is 4.98 Å². The molecule has 34 heavy (non-hydrogen) atoms. The molecule has 1 saturated carbocycles. The lowest BCUT2D eigenvalue weighted by molar-refractivity contribution is -0.137. The highest BCUT2D eigenvalue weighted by atomic mass is 19.4. The summed E-state index contributed by atoms with van der Waals surface area (Å²) in [7, 11) is 0. The molecule has 0 amide bonds. The number of aromatic nitrogens is 4. The van der Waals surface area contributed by atoms with Gasteiger partial charge < -0.3 is 20.4 Å². The van der Waals surface area contributed by atoms with Crippen molar-refractivity contribution in [3.63, 3.8) is 0 Å². The summed E-state index contributed by atoms with van der Waals surface area (Å²) in [5.74, 6) is 1.30. The first-order chi connectivity index (χ1) is 16.0. The summed E-state index contributed by atoms with van der Waals surface area (Å²) in [5.41, 5.74) is -0.869. The zero-order valence-corrected chi connectivity index (χ0v) is 18.9. The third-order valence-electron chi connectivity index (χ3n) is 6.32. The van der Waals surface area contributed by atoms with E-state index in [0.29, 0.717) is 61.1 Å². The van der Waals surface area contributed by atoms with Crippen LogP contribution in [0.1, 0.15) is 38.7 Å². The van der Waals surface area contributed by atoms with Crippen molar-refractivity contribution >= 4 is 22.8 Å². The Hall–Kier alpha value is -2.92. The number of alkyl halides is 3. The summed E-state index contributed by atoms with van der Waals surface area (Å²) in [6.07, 6.45) is -1.42. The maximum atomic E-state index is 13.3. The molecule has 1 saturated heterocycles. The van der Waals surface area contributed by atoms with Gasteiger partial charge in [-0.15, -0.1) is 0 Å². The molecule has 3 aromatic rings. The number of hydrogen-bond acceptors (Lipinski definition) is 7. The molecule has 3 N–H and O–H groups in total. The van der Waals surface area contributed by atoms with E-state index in [1.807, 2.05) is 0 Å². The largest absolute Gasteiger partial charge is 0.416 e. The maximum Gasteiger partial charge on any atom is 0.416 e. The Morgan fingerprint density at radius 2 is 1.88 bits per heavy atom. The highest BCUT2D eigenvalue weighted by Gasteiger charge is 2.35. The Labute approximate surface area is 194 Å². The van der Waals surface area contributed by atoms with Gasteiger partial charge in [-0.2, -0.15) is 28.2 Å². The molecule has 11 heteroatoms. The summed E-state index contributed by atoms with van der Waals surface area (Å²) in [6, 6.07) is 5.01. The number of anilines is 2. The zero-order chi connectivity index (χ0) is 24.3. The highest BCUT2D eigenvalue weighted by Crippen LogP contribution is 2.36. The average Bonchev–Trinajstić information content (AvgIpc) is 3.11. The zero-order valence-electron chi connectivity index (χ0n) is 18.9. The predicted octanol–water partition coefficient (Wildman–Crippen LogP) is 3.37. The lowest BCUT2D eigenvalue weighted by Gasteiger charge is -2.42. The van der Waals surface area contributed by atoms with Crippen molar-refractivity contribution in [3.05, 3.63) is 36.0 Å². The van der Waals surface area contributed by atoms with Gasteiger partial charge in [0.25, 0.3) is 0 Å². The van der Waals surface area contributed by atoms with Gasteiger partial charge in [-0.25, -0.2) is 4.68 Å². The Bertz CT molecular complexity index is 1190. The lowest BCUT2D eigenvalue weighted by Crippen LogP contribution is -2.49. The van der Waals surface area contributed by atoms with E-state index in [9.17, 15) is 23.4 Å². The molecule has 2 fully saturated rings. The van der Waals surface area contributed by atoms with Crippen LogP contribution in [0.3, 0.4) is 0 Å². The second-order valence-electron chi connectivity index (χ2n) is 9.97. The Morgan fingerprint density at radius 3 is 2.53 bits per heavy atom. The summed E-state index contributed by atoms with van der Waals surface area (Å²) in [4.78, 5) is 11.3. The van der Waals surface area contributed by atoms with Crippen molar-refractivity contribution in [1.82, 2.24) is 19.7 Å². The number of rotatable bonds is 6. The minimum Gasteiger partial charge on any atom is -0.393 e. The van der Waals surface area contributed by atoms with Gasteiger partial charge in [0.15, 0.2) is 5.65 Å². The number of halogens is 3. The molecular weight excluding hydrogens is 449 g/mol. The molecule has 3 heterocycles. The average molecular weight is 477 g/mol. The van der Waals surface area contributed by atoms with E-state index in [0.717, 1.165) is 12.1 Å². The molecule has 0 unspecified atom stereocenters. The second kappa shape index (κ2) is 8.09. The third kappa shape index (κ3) is 4.54. The summed E-state index contributed by atoms with van der Waals surface area (Å²) in [5, 5.41) is 27.9. The summed E-state index contributed by atoms with van der Waals surface area (Å²) >= 11 is 0. The van der Waals surface area contributed by atoms with Crippen molar-refractivity contribution in [2.24, 2.45) is 5.92 Å². The molecular formula is C23H27F3N6O2. The molecule has 5 rings (SSSR count). The smallest absolute Gasteiger partial charge is 0.393 e. The second-order valence-corrected chi connectivity index (χ2v) is 9.97. The van der Waals surface area contributed by atoms with Gasteiger partial charge >= 0.3 is 6.18 Å². The third-order valence-corrected chi connectivity index (χ3v) is 6.32. The number of benzene rings is 1. The number of aliphatic hydroxyl groups excluding tert-OH is 1. The van der Waals surface area contributed by atoms with Gasteiger partial charge in [0.05, 0.1) is 34.5 Å². The van der Waals surface area contributed by atoms with E-state index in [1.165, 1.54) is 10.7 Å². The van der Waals surface area contributed by atoms with E-state index < -0.39 is 17.3 Å². The molecule has 8 nitrogen and oxygen atoms in total. The number of nitrogens with one attached hydrogen (secondary N) is 1. The fourth-order valence-electron chi connectivity index (χ4n) is 4.67. The van der Waals surface area contributed by atoms with E-state index >= 15 is 0 Å². The van der Waals surface area contributed by atoms with Crippen molar-refractivity contribution in [3.8, 4) is 5.69 Å². The van der Waals surface area contributed by atoms with Crippen molar-refractivity contribution in [1.29, 1.82) is 0 Å². The molecule has 1 aromatic carbocycles. The standard InChI is InChI=1S/C23H27F3N6O2/c1-22(2,34)9-13-11-31(12-13)19-18-10-27-32(16-5-3-4-14(6-16)23(24,25)26)20(18)30-21(29-19)28-15-7-17(33)8-15/h3-6,10,13,15,17,33-34H,7-9,11-12H2,1-2H3,(H,28,29,30). The molecule has 2 aliphatic rings. The van der Waals surface area contributed by atoms with E-state index in [-0.39, 0.29) is 17.8 Å². The van der Waals surface area contributed by atoms with Crippen LogP contribution < -0.4 is 10.2 Å². The molecule has 182 valence electrons. The van der Waals surface area contributed by atoms with Gasteiger partial charge in [0, 0.05) is 19.1 Å². The lowest BCUT2D eigenvalue weighted by atomic mass is 9.88. The van der Waals surface area contributed by atoms with Crippen LogP contribution in [0.15, 0.2) is 30.5 Å². The first kappa shape index (κ1) is 22.9. The van der Waals surface area contributed by atoms with Crippen molar-refractivity contribution in [2.75, 3.05) is 23.3 Å². The minimum absolute atomic E-state index is 0.0320. The molecule has 0 atom stereocenters. The van der Waals surface area contributed by atoms with Crippen LogP contribution in [0, 0.1) is 5.92 Å². The number of fused-ring (bicyclic) bond motifs is 1. The highest BCUT2D eigenvalue weighted by molar-refractivity contribution is 5.89. The van der Waals surface area contributed by atoms with E-state index in [1.54, 1.807) is 26.1 Å². The van der Waals surface area contributed by atoms with Crippen LogP contribution in [0.2, 0.25) is 0 Å². The van der Waals surface area contributed by atoms with Crippen molar-refractivity contribution in [2.45, 2.75) is 57.0 Å². The molecule has 0 radical (unpaired) electrons. The molecule has 0 bridgehead atoms. The molecule has 2 aromatic heterocycles. The Balaban J connectivity index is 1.51. The van der Waals surface area contributed by atoms with Gasteiger partial charge in [0.2, 0.25) is 5.95 Å². The maximum absolute atomic E-state index is 13.3. The number of hydrogen-bond donors (Lipinski definition) is 3. The first-order valence-electron chi connectivity index (χ1n) is 11.3. The van der Waals surface area contributed by atoms with Gasteiger partial charge in [0.1, 0.15) is 5.82 Å². The van der Waals surface area contributed by atoms with Gasteiger partial charge in [-0.1, -0.05) is 6.07 Å². The molecule has 1 aliphatic heterocycles. The minimum atomic E-state index is -4.47. The van der Waals surface area contributed by atoms with Crippen molar-refractivity contribution < 1.29 is 23.4 Å². The normalized spacial score (nSPS) is 21.4. The van der Waals surface area contributed by atoms with E-state index in [2.05, 4.69) is 20.3 Å². The fraction of sp³-hybridized carbons (Fsp3) is 0.522. The SMILES string of the molecule is CC(C)(O)CC1CN(c2nc(NC3CC(O)C3)nc3c2cnn3-c2cccc(C(F)(F)F)c2)C1. The van der Waals surface area contributed by atoms with Crippen LogP contribution in [0.5, 0.6) is 0 Å². The van der Waals surface area contributed by atoms with Gasteiger partial charge in [-0.3, -0.25) is 0 Å². The molecule has 0 spiro atoms. The first-order valence-corrected chi connectivity index (χ1v) is 11.3. The Morgan fingerprint density at radius 1 is 1.15 bits per heavy atom. The molecule has 1 aliphatic carbocycles. The Kier molecular flexibility index (Phi) is 5.44. The topological polar surface area (TPSA) is 99.3 Å². The number of nitrogens with zero attached hydrogens (tertiary/aromatic N) is 5. The number of aliphatic hydroxyl groups is 2. The fourth-order valence-corrected chi connectivity index (χ4v) is 4.67. The quantitative estimate of drug-likeness (QED) is 0.502. The summed E-state index contributed by atoms with van der Waals surface area (Å²) < 4.78 is 41.2. The van der Waals surface area contributed by atoms with Crippen LogP contribution in [0.25, 0.3) is 16.7 Å².